The van der Waals surface area contributed by atoms with Crippen LogP contribution in [0.4, 0.5) is 0 Å². The molecule has 0 radical (unpaired) electrons. The zero-order valence-corrected chi connectivity index (χ0v) is 15.3. The summed E-state index contributed by atoms with van der Waals surface area (Å²) in [5.41, 5.74) is 2.66. The van der Waals surface area contributed by atoms with E-state index < -0.39 is 0 Å². The van der Waals surface area contributed by atoms with Crippen molar-refractivity contribution in [3.63, 3.8) is 0 Å². The van der Waals surface area contributed by atoms with Crippen molar-refractivity contribution in [3.05, 3.63) is 70.4 Å². The molecule has 1 N–H and O–H groups in total. The van der Waals surface area contributed by atoms with Crippen LogP contribution in [0.3, 0.4) is 0 Å². The van der Waals surface area contributed by atoms with Crippen LogP contribution in [0.15, 0.2) is 47.8 Å². The monoisotopic (exact) mass is 362 g/mol. The van der Waals surface area contributed by atoms with Gasteiger partial charge in [0.1, 0.15) is 11.6 Å². The van der Waals surface area contributed by atoms with Crippen LogP contribution < -0.4 is 5.56 Å². The molecule has 0 aliphatic carbocycles. The maximum absolute atomic E-state index is 12.2. The number of aryl methyl sites for hydroxylation is 1. The molecule has 0 bridgehead atoms. The van der Waals surface area contributed by atoms with Gasteiger partial charge in [-0.2, -0.15) is 0 Å². The molecule has 7 heteroatoms. The molecule has 0 saturated carbocycles. The van der Waals surface area contributed by atoms with Crippen LogP contribution in [-0.4, -0.2) is 42.9 Å². The Labute approximate surface area is 157 Å². The Kier molecular flexibility index (Phi) is 5.02. The summed E-state index contributed by atoms with van der Waals surface area (Å²) in [4.78, 5) is 34.8. The maximum atomic E-state index is 12.2. The average Bonchev–Trinajstić information content (AvgIpc) is 2.70. The van der Waals surface area contributed by atoms with E-state index in [1.54, 1.807) is 18.5 Å². The molecule has 0 amide bonds. The fraction of sp³-hybridized carbons (Fsp3) is 0.350. The Morgan fingerprint density at radius 1 is 1.26 bits per heavy atom. The number of nitrogens with zero attached hydrogens (tertiary/aromatic N) is 5. The largest absolute Gasteiger partial charge is 0.306 e. The molecular formula is C20H22N6O. The highest BCUT2D eigenvalue weighted by atomic mass is 16.1. The minimum absolute atomic E-state index is 0.122. The zero-order valence-electron chi connectivity index (χ0n) is 15.3. The molecule has 3 aromatic rings. The summed E-state index contributed by atoms with van der Waals surface area (Å²) in [6.07, 6.45) is 9.31. The molecule has 1 atom stereocenters. The van der Waals surface area contributed by atoms with Gasteiger partial charge in [-0.3, -0.25) is 14.7 Å². The fourth-order valence-electron chi connectivity index (χ4n) is 3.52. The Bertz CT molecular complexity index is 954. The summed E-state index contributed by atoms with van der Waals surface area (Å²) < 4.78 is 0. The molecule has 0 aromatic carbocycles. The van der Waals surface area contributed by atoms with E-state index in [9.17, 15) is 4.79 Å². The van der Waals surface area contributed by atoms with Crippen LogP contribution in [0, 0.1) is 6.92 Å². The second-order valence-corrected chi connectivity index (χ2v) is 6.97. The van der Waals surface area contributed by atoms with E-state index in [0.717, 1.165) is 55.1 Å². The van der Waals surface area contributed by atoms with Gasteiger partial charge in [-0.1, -0.05) is 0 Å². The van der Waals surface area contributed by atoms with Gasteiger partial charge < -0.3 is 4.98 Å². The SMILES string of the molecule is Cc1ncc(CN2CCC[C@@H](c3cc(=O)[nH]c(-c4cccnc4)n3)C2)cn1. The minimum atomic E-state index is -0.122. The van der Waals surface area contributed by atoms with Crippen molar-refractivity contribution < 1.29 is 0 Å². The summed E-state index contributed by atoms with van der Waals surface area (Å²) in [7, 11) is 0. The quantitative estimate of drug-likeness (QED) is 0.766. The third-order valence-electron chi connectivity index (χ3n) is 4.86. The van der Waals surface area contributed by atoms with Gasteiger partial charge >= 0.3 is 0 Å². The van der Waals surface area contributed by atoms with Gasteiger partial charge in [0.2, 0.25) is 0 Å². The van der Waals surface area contributed by atoms with E-state index in [4.69, 9.17) is 4.98 Å². The average molecular weight is 362 g/mol. The second kappa shape index (κ2) is 7.75. The number of rotatable bonds is 4. The predicted molar refractivity (Wildman–Crippen MR) is 102 cm³/mol. The number of hydrogen-bond acceptors (Lipinski definition) is 6. The van der Waals surface area contributed by atoms with Crippen LogP contribution in [-0.2, 0) is 6.54 Å². The van der Waals surface area contributed by atoms with Crippen molar-refractivity contribution in [2.75, 3.05) is 13.1 Å². The first-order valence-electron chi connectivity index (χ1n) is 9.19. The molecule has 138 valence electrons. The van der Waals surface area contributed by atoms with Crippen molar-refractivity contribution in [2.45, 2.75) is 32.2 Å². The molecule has 4 heterocycles. The topological polar surface area (TPSA) is 87.7 Å². The molecule has 0 spiro atoms. The Hall–Kier alpha value is -2.93. The number of hydrogen-bond donors (Lipinski definition) is 1. The lowest BCUT2D eigenvalue weighted by Gasteiger charge is -2.32. The van der Waals surface area contributed by atoms with E-state index in [1.165, 1.54) is 0 Å². The van der Waals surface area contributed by atoms with Crippen molar-refractivity contribution in [2.24, 2.45) is 0 Å². The molecule has 27 heavy (non-hydrogen) atoms. The fourth-order valence-corrected chi connectivity index (χ4v) is 3.52. The normalized spacial score (nSPS) is 17.7. The van der Waals surface area contributed by atoms with Crippen LogP contribution in [0.1, 0.15) is 35.8 Å². The highest BCUT2D eigenvalue weighted by Crippen LogP contribution is 2.26. The summed E-state index contributed by atoms with van der Waals surface area (Å²) in [5, 5.41) is 0. The van der Waals surface area contributed by atoms with Gasteiger partial charge in [0.05, 0.1) is 5.69 Å². The molecule has 7 nitrogen and oxygen atoms in total. The molecular weight excluding hydrogens is 340 g/mol. The molecule has 1 aliphatic heterocycles. The van der Waals surface area contributed by atoms with Crippen molar-refractivity contribution in [1.29, 1.82) is 0 Å². The third-order valence-corrected chi connectivity index (χ3v) is 4.86. The van der Waals surface area contributed by atoms with Crippen molar-refractivity contribution >= 4 is 0 Å². The number of pyridine rings is 1. The first kappa shape index (κ1) is 17.5. The highest BCUT2D eigenvalue weighted by molar-refractivity contribution is 5.52. The number of piperidine rings is 1. The molecule has 1 saturated heterocycles. The van der Waals surface area contributed by atoms with Crippen LogP contribution in [0.2, 0.25) is 0 Å². The Balaban J connectivity index is 1.53. The van der Waals surface area contributed by atoms with Gasteiger partial charge in [-0.05, 0) is 38.4 Å². The van der Waals surface area contributed by atoms with E-state index >= 15 is 0 Å². The highest BCUT2D eigenvalue weighted by Gasteiger charge is 2.23. The first-order chi connectivity index (χ1) is 13.2. The van der Waals surface area contributed by atoms with Crippen LogP contribution in [0.5, 0.6) is 0 Å². The van der Waals surface area contributed by atoms with E-state index in [0.29, 0.717) is 5.82 Å². The third kappa shape index (κ3) is 4.25. The molecule has 3 aromatic heterocycles. The van der Waals surface area contributed by atoms with Crippen LogP contribution >= 0.6 is 0 Å². The molecule has 0 unspecified atom stereocenters. The number of aromatic amines is 1. The number of likely N-dealkylation sites (tertiary alicyclic amines) is 1. The van der Waals surface area contributed by atoms with Gasteiger partial charge in [0.15, 0.2) is 0 Å². The Morgan fingerprint density at radius 2 is 2.11 bits per heavy atom. The molecule has 1 fully saturated rings. The summed E-state index contributed by atoms with van der Waals surface area (Å²) in [5.74, 6) is 1.60. The number of H-pyrrole nitrogens is 1. The van der Waals surface area contributed by atoms with E-state index in [1.807, 2.05) is 31.5 Å². The van der Waals surface area contributed by atoms with Gasteiger partial charge in [0, 0.05) is 61.0 Å². The molecule has 1 aliphatic rings. The van der Waals surface area contributed by atoms with Crippen molar-refractivity contribution in [1.82, 2.24) is 29.8 Å². The second-order valence-electron chi connectivity index (χ2n) is 6.97. The van der Waals surface area contributed by atoms with Crippen LogP contribution in [0.25, 0.3) is 11.4 Å². The lowest BCUT2D eigenvalue weighted by Crippen LogP contribution is -2.34. The maximum Gasteiger partial charge on any atom is 0.251 e. The summed E-state index contributed by atoms with van der Waals surface area (Å²) >= 11 is 0. The van der Waals surface area contributed by atoms with E-state index in [2.05, 4.69) is 24.8 Å². The summed E-state index contributed by atoms with van der Waals surface area (Å²) in [6, 6.07) is 5.37. The Morgan fingerprint density at radius 3 is 2.89 bits per heavy atom. The van der Waals surface area contributed by atoms with Crippen molar-refractivity contribution in [3.8, 4) is 11.4 Å². The standard InChI is InChI=1S/C20H22N6O/c1-14-22-9-15(10-23-14)12-26-7-3-5-17(13-26)18-8-19(27)25-20(24-18)16-4-2-6-21-11-16/h2,4,6,8-11,17H,3,5,7,12-13H2,1H3,(H,24,25,27)/t17-/m1/s1. The lowest BCUT2D eigenvalue weighted by molar-refractivity contribution is 0.198. The summed E-state index contributed by atoms with van der Waals surface area (Å²) in [6.45, 7) is 4.61. The minimum Gasteiger partial charge on any atom is -0.306 e. The number of nitrogens with one attached hydrogen (secondary N) is 1. The van der Waals surface area contributed by atoms with Gasteiger partial charge in [-0.15, -0.1) is 0 Å². The number of aromatic nitrogens is 5. The van der Waals surface area contributed by atoms with E-state index in [-0.39, 0.29) is 11.5 Å². The molecule has 4 rings (SSSR count). The van der Waals surface area contributed by atoms with Gasteiger partial charge in [-0.25, -0.2) is 15.0 Å². The van der Waals surface area contributed by atoms with Gasteiger partial charge in [0.25, 0.3) is 5.56 Å². The smallest absolute Gasteiger partial charge is 0.251 e. The predicted octanol–water partition coefficient (Wildman–Crippen LogP) is 2.31. The lowest BCUT2D eigenvalue weighted by atomic mass is 9.94. The zero-order chi connectivity index (χ0) is 18.6. The first-order valence-corrected chi connectivity index (χ1v) is 9.19.